The highest BCUT2D eigenvalue weighted by molar-refractivity contribution is 8.00. The molecular formula is C19H17N5O2S. The van der Waals surface area contributed by atoms with E-state index >= 15 is 0 Å². The zero-order valence-corrected chi connectivity index (χ0v) is 15.7. The van der Waals surface area contributed by atoms with Crippen LogP contribution in [0.25, 0.3) is 5.69 Å². The average Bonchev–Trinajstić information content (AvgIpc) is 3.20. The molecule has 0 spiro atoms. The molecule has 27 heavy (non-hydrogen) atoms. The number of para-hydroxylation sites is 1. The smallest absolute Gasteiger partial charge is 0.247 e. The summed E-state index contributed by atoms with van der Waals surface area (Å²) in [5, 5.41) is 11.7. The van der Waals surface area contributed by atoms with Gasteiger partial charge in [-0.2, -0.15) is 4.68 Å². The number of benzene rings is 2. The minimum absolute atomic E-state index is 0.123. The molecule has 0 N–H and O–H groups in total. The van der Waals surface area contributed by atoms with E-state index in [9.17, 15) is 9.59 Å². The Morgan fingerprint density at radius 2 is 1.70 bits per heavy atom. The van der Waals surface area contributed by atoms with Gasteiger partial charge in [0.15, 0.2) is 0 Å². The molecule has 8 heteroatoms. The molecular weight excluding hydrogens is 362 g/mol. The Hall–Kier alpha value is -3.00. The van der Waals surface area contributed by atoms with Crippen molar-refractivity contribution in [3.05, 3.63) is 59.7 Å². The van der Waals surface area contributed by atoms with E-state index in [2.05, 4.69) is 15.5 Å². The highest BCUT2D eigenvalue weighted by atomic mass is 32.2. The number of hydrogen-bond donors (Lipinski definition) is 0. The summed E-state index contributed by atoms with van der Waals surface area (Å²) in [6, 6.07) is 15.1. The third-order valence-corrected chi connectivity index (χ3v) is 5.38. The fourth-order valence-corrected chi connectivity index (χ4v) is 4.17. The van der Waals surface area contributed by atoms with Crippen molar-refractivity contribution >= 4 is 29.3 Å². The van der Waals surface area contributed by atoms with Crippen LogP contribution < -0.4 is 4.90 Å². The van der Waals surface area contributed by atoms with E-state index in [1.165, 1.54) is 16.7 Å². The van der Waals surface area contributed by atoms with Crippen LogP contribution in [0.2, 0.25) is 0 Å². The van der Waals surface area contributed by atoms with E-state index < -0.39 is 5.25 Å². The molecule has 2 heterocycles. The topological polar surface area (TPSA) is 81.0 Å². The van der Waals surface area contributed by atoms with Crippen molar-refractivity contribution in [2.45, 2.75) is 30.7 Å². The predicted molar refractivity (Wildman–Crippen MR) is 102 cm³/mol. The molecule has 1 aliphatic heterocycles. The first-order valence-corrected chi connectivity index (χ1v) is 9.36. The molecule has 0 aliphatic carbocycles. The number of imide groups is 1. The Morgan fingerprint density at radius 3 is 2.41 bits per heavy atom. The summed E-state index contributed by atoms with van der Waals surface area (Å²) in [6.07, 6.45) is 0.123. The number of aromatic nitrogens is 4. The maximum atomic E-state index is 12.9. The number of aryl methyl sites for hydroxylation is 2. The monoisotopic (exact) mass is 379 g/mol. The van der Waals surface area contributed by atoms with Gasteiger partial charge >= 0.3 is 0 Å². The van der Waals surface area contributed by atoms with Gasteiger partial charge in [0, 0.05) is 6.42 Å². The van der Waals surface area contributed by atoms with Gasteiger partial charge in [0.1, 0.15) is 5.25 Å². The number of anilines is 1. The molecule has 2 amide bonds. The number of carbonyl (C=O) groups excluding carboxylic acids is 2. The summed E-state index contributed by atoms with van der Waals surface area (Å²) in [4.78, 5) is 26.7. The van der Waals surface area contributed by atoms with Crippen LogP contribution in [0.4, 0.5) is 5.69 Å². The number of rotatable bonds is 4. The number of hydrogen-bond acceptors (Lipinski definition) is 6. The Labute approximate surface area is 160 Å². The minimum atomic E-state index is -0.549. The first-order valence-electron chi connectivity index (χ1n) is 8.48. The maximum Gasteiger partial charge on any atom is 0.247 e. The van der Waals surface area contributed by atoms with Gasteiger partial charge in [-0.1, -0.05) is 36.0 Å². The molecule has 0 radical (unpaired) electrons. The van der Waals surface area contributed by atoms with Gasteiger partial charge in [-0.15, -0.1) is 5.10 Å². The lowest BCUT2D eigenvalue weighted by molar-refractivity contribution is -0.121. The first kappa shape index (κ1) is 17.4. The molecule has 1 saturated heterocycles. The van der Waals surface area contributed by atoms with Crippen LogP contribution in [0, 0.1) is 13.8 Å². The van der Waals surface area contributed by atoms with Gasteiger partial charge in [-0.25, -0.2) is 4.90 Å². The molecule has 7 nitrogen and oxygen atoms in total. The van der Waals surface area contributed by atoms with Crippen molar-refractivity contribution < 1.29 is 9.59 Å². The minimum Gasteiger partial charge on any atom is -0.274 e. The number of nitrogens with zero attached hydrogens (tertiary/aromatic N) is 5. The first-order chi connectivity index (χ1) is 13.0. The summed E-state index contributed by atoms with van der Waals surface area (Å²) in [7, 11) is 0. The Morgan fingerprint density at radius 1 is 1.00 bits per heavy atom. The molecule has 1 aromatic heterocycles. The molecule has 1 aliphatic rings. The SMILES string of the molecule is Cc1cc(C)cc(N2C(=O)C[C@H](Sc3nnnn3-c3ccccc3)C2=O)c1. The van der Waals surface area contributed by atoms with Gasteiger partial charge < -0.3 is 0 Å². The molecule has 2 aromatic carbocycles. The fraction of sp³-hybridized carbons (Fsp3) is 0.211. The number of carbonyl (C=O) groups is 2. The lowest BCUT2D eigenvalue weighted by Gasteiger charge is -2.16. The molecule has 0 bridgehead atoms. The summed E-state index contributed by atoms with van der Waals surface area (Å²) >= 11 is 1.21. The van der Waals surface area contributed by atoms with E-state index in [1.807, 2.05) is 62.4 Å². The molecule has 1 fully saturated rings. The van der Waals surface area contributed by atoms with Crippen LogP contribution in [0.5, 0.6) is 0 Å². The molecule has 1 atom stereocenters. The van der Waals surface area contributed by atoms with Gasteiger partial charge in [0.05, 0.1) is 11.4 Å². The third-order valence-electron chi connectivity index (χ3n) is 4.26. The second kappa shape index (κ2) is 6.96. The van der Waals surface area contributed by atoms with E-state index in [1.54, 1.807) is 4.68 Å². The summed E-state index contributed by atoms with van der Waals surface area (Å²) in [5.74, 6) is -0.446. The normalized spacial score (nSPS) is 17.0. The largest absolute Gasteiger partial charge is 0.274 e. The van der Waals surface area contributed by atoms with Gasteiger partial charge in [0.25, 0.3) is 0 Å². The predicted octanol–water partition coefficient (Wildman–Crippen LogP) is 2.70. The summed E-state index contributed by atoms with van der Waals surface area (Å²) in [5.41, 5.74) is 3.44. The van der Waals surface area contributed by atoms with E-state index in [4.69, 9.17) is 0 Å². The second-order valence-electron chi connectivity index (χ2n) is 6.43. The van der Waals surface area contributed by atoms with Crippen LogP contribution in [-0.2, 0) is 9.59 Å². The van der Waals surface area contributed by atoms with Crippen molar-refractivity contribution in [1.82, 2.24) is 20.2 Å². The molecule has 0 unspecified atom stereocenters. The fourth-order valence-electron chi connectivity index (χ4n) is 3.16. The zero-order valence-electron chi connectivity index (χ0n) is 14.9. The van der Waals surface area contributed by atoms with Crippen molar-refractivity contribution in [2.24, 2.45) is 0 Å². The second-order valence-corrected chi connectivity index (χ2v) is 7.60. The molecule has 3 aromatic rings. The van der Waals surface area contributed by atoms with E-state index in [0.717, 1.165) is 16.8 Å². The van der Waals surface area contributed by atoms with Gasteiger partial charge in [0.2, 0.25) is 17.0 Å². The highest BCUT2D eigenvalue weighted by Gasteiger charge is 2.41. The van der Waals surface area contributed by atoms with Crippen molar-refractivity contribution in [3.63, 3.8) is 0 Å². The Bertz CT molecular complexity index is 998. The lowest BCUT2D eigenvalue weighted by atomic mass is 10.1. The number of tetrazole rings is 1. The van der Waals surface area contributed by atoms with Crippen molar-refractivity contribution in [3.8, 4) is 5.69 Å². The maximum absolute atomic E-state index is 12.9. The average molecular weight is 379 g/mol. The Kier molecular flexibility index (Phi) is 4.49. The highest BCUT2D eigenvalue weighted by Crippen LogP contribution is 2.34. The van der Waals surface area contributed by atoms with E-state index in [0.29, 0.717) is 10.8 Å². The van der Waals surface area contributed by atoms with Crippen molar-refractivity contribution in [2.75, 3.05) is 4.90 Å². The quantitative estimate of drug-likeness (QED) is 0.649. The molecule has 136 valence electrons. The summed E-state index contributed by atoms with van der Waals surface area (Å²) in [6.45, 7) is 3.89. The molecule has 4 rings (SSSR count). The van der Waals surface area contributed by atoms with E-state index in [-0.39, 0.29) is 18.2 Å². The standard InChI is InChI=1S/C19H17N5O2S/c1-12-8-13(2)10-15(9-12)23-17(25)11-16(18(23)26)27-19-20-21-22-24(19)14-6-4-3-5-7-14/h3-10,16H,11H2,1-2H3/t16-/m0/s1. The Balaban J connectivity index is 1.60. The lowest BCUT2D eigenvalue weighted by Crippen LogP contribution is -2.31. The van der Waals surface area contributed by atoms with Gasteiger partial charge in [-0.3, -0.25) is 9.59 Å². The van der Waals surface area contributed by atoms with Crippen LogP contribution in [-0.4, -0.2) is 37.3 Å². The van der Waals surface area contributed by atoms with Crippen LogP contribution in [0.15, 0.2) is 53.7 Å². The van der Waals surface area contributed by atoms with Gasteiger partial charge in [-0.05, 0) is 59.7 Å². The van der Waals surface area contributed by atoms with Crippen LogP contribution >= 0.6 is 11.8 Å². The number of amides is 2. The third kappa shape index (κ3) is 3.35. The molecule has 0 saturated carbocycles. The van der Waals surface area contributed by atoms with Crippen molar-refractivity contribution in [1.29, 1.82) is 0 Å². The van der Waals surface area contributed by atoms with Crippen LogP contribution in [0.3, 0.4) is 0 Å². The zero-order chi connectivity index (χ0) is 19.0. The van der Waals surface area contributed by atoms with Crippen LogP contribution in [0.1, 0.15) is 17.5 Å². The summed E-state index contributed by atoms with van der Waals surface area (Å²) < 4.78 is 1.57. The number of thioether (sulfide) groups is 1.